The predicted molar refractivity (Wildman–Crippen MR) is 67.1 cm³/mol. The minimum atomic E-state index is -0.355. The van der Waals surface area contributed by atoms with E-state index in [-0.39, 0.29) is 10.6 Å². The van der Waals surface area contributed by atoms with Crippen LogP contribution in [0.4, 0.5) is 5.69 Å². The second kappa shape index (κ2) is 5.77. The smallest absolute Gasteiger partial charge is 0.269 e. The van der Waals surface area contributed by atoms with Crippen LogP contribution in [-0.4, -0.2) is 17.5 Å². The molecule has 0 saturated carbocycles. The molecule has 1 unspecified atom stereocenters. The van der Waals surface area contributed by atoms with E-state index in [9.17, 15) is 10.1 Å². The van der Waals surface area contributed by atoms with Gasteiger partial charge < -0.3 is 5.32 Å². The van der Waals surface area contributed by atoms with Gasteiger partial charge in [0.05, 0.1) is 4.92 Å². The first-order valence-electron chi connectivity index (χ1n) is 6.22. The Labute approximate surface area is 101 Å². The van der Waals surface area contributed by atoms with E-state index >= 15 is 0 Å². The van der Waals surface area contributed by atoms with E-state index in [1.54, 1.807) is 12.1 Å². The zero-order chi connectivity index (χ0) is 12.1. The quantitative estimate of drug-likeness (QED) is 0.643. The van der Waals surface area contributed by atoms with Gasteiger partial charge in [0.25, 0.3) is 5.69 Å². The Morgan fingerprint density at radius 2 is 2.06 bits per heavy atom. The SMILES string of the molecule is O=[N+]([O-])c1ccc(CCC2CCCCN2)cc1. The van der Waals surface area contributed by atoms with Gasteiger partial charge in [0, 0.05) is 18.2 Å². The number of hydrogen-bond donors (Lipinski definition) is 1. The highest BCUT2D eigenvalue weighted by Crippen LogP contribution is 2.16. The third-order valence-electron chi connectivity index (χ3n) is 3.34. The monoisotopic (exact) mass is 234 g/mol. The number of nitrogens with zero attached hydrogens (tertiary/aromatic N) is 1. The van der Waals surface area contributed by atoms with E-state index in [0.29, 0.717) is 6.04 Å². The molecule has 1 aromatic rings. The zero-order valence-electron chi connectivity index (χ0n) is 9.89. The number of nitrogens with one attached hydrogen (secondary N) is 1. The third kappa shape index (κ3) is 3.53. The lowest BCUT2D eigenvalue weighted by atomic mass is 9.98. The molecule has 0 aromatic heterocycles. The van der Waals surface area contributed by atoms with Gasteiger partial charge in [-0.3, -0.25) is 10.1 Å². The first kappa shape index (κ1) is 12.0. The zero-order valence-corrected chi connectivity index (χ0v) is 9.89. The second-order valence-corrected chi connectivity index (χ2v) is 4.61. The molecule has 4 heteroatoms. The van der Waals surface area contributed by atoms with Gasteiger partial charge in [0.1, 0.15) is 0 Å². The van der Waals surface area contributed by atoms with Gasteiger partial charge >= 0.3 is 0 Å². The fraction of sp³-hybridized carbons (Fsp3) is 0.538. The molecule has 0 radical (unpaired) electrons. The molecule has 2 rings (SSSR count). The molecule has 0 spiro atoms. The van der Waals surface area contributed by atoms with Crippen molar-refractivity contribution in [2.45, 2.75) is 38.1 Å². The number of piperidine rings is 1. The Hall–Kier alpha value is -1.42. The van der Waals surface area contributed by atoms with Crippen LogP contribution in [0, 0.1) is 10.1 Å². The number of hydrogen-bond acceptors (Lipinski definition) is 3. The molecule has 1 aliphatic heterocycles. The number of benzene rings is 1. The van der Waals surface area contributed by atoms with Gasteiger partial charge in [-0.05, 0) is 37.8 Å². The van der Waals surface area contributed by atoms with E-state index < -0.39 is 0 Å². The van der Waals surface area contributed by atoms with Crippen LogP contribution in [0.15, 0.2) is 24.3 Å². The Balaban J connectivity index is 1.84. The van der Waals surface area contributed by atoms with Crippen molar-refractivity contribution in [3.05, 3.63) is 39.9 Å². The van der Waals surface area contributed by atoms with Crippen LogP contribution in [0.25, 0.3) is 0 Å². The average Bonchev–Trinajstić information content (AvgIpc) is 2.38. The van der Waals surface area contributed by atoms with E-state index in [1.807, 2.05) is 12.1 Å². The highest BCUT2D eigenvalue weighted by Gasteiger charge is 2.12. The summed E-state index contributed by atoms with van der Waals surface area (Å²) in [5, 5.41) is 14.0. The molecule has 1 atom stereocenters. The predicted octanol–water partition coefficient (Wildman–Crippen LogP) is 2.67. The van der Waals surface area contributed by atoms with E-state index in [2.05, 4.69) is 5.32 Å². The van der Waals surface area contributed by atoms with Crippen molar-refractivity contribution in [3.8, 4) is 0 Å². The maximum absolute atomic E-state index is 10.5. The number of aryl methyl sites for hydroxylation is 1. The van der Waals surface area contributed by atoms with Gasteiger partial charge in [-0.2, -0.15) is 0 Å². The maximum Gasteiger partial charge on any atom is 0.269 e. The van der Waals surface area contributed by atoms with Crippen molar-refractivity contribution in [2.75, 3.05) is 6.54 Å². The summed E-state index contributed by atoms with van der Waals surface area (Å²) in [7, 11) is 0. The van der Waals surface area contributed by atoms with E-state index in [1.165, 1.54) is 24.8 Å². The number of rotatable bonds is 4. The first-order valence-corrected chi connectivity index (χ1v) is 6.22. The lowest BCUT2D eigenvalue weighted by molar-refractivity contribution is -0.384. The van der Waals surface area contributed by atoms with Gasteiger partial charge in [0.15, 0.2) is 0 Å². The van der Waals surface area contributed by atoms with Crippen molar-refractivity contribution in [1.82, 2.24) is 5.32 Å². The summed E-state index contributed by atoms with van der Waals surface area (Å²) in [6, 6.07) is 7.52. The molecular formula is C13H18N2O2. The molecule has 1 aliphatic rings. The molecule has 0 aliphatic carbocycles. The van der Waals surface area contributed by atoms with Crippen molar-refractivity contribution in [3.63, 3.8) is 0 Å². The van der Waals surface area contributed by atoms with Crippen molar-refractivity contribution < 1.29 is 4.92 Å². The summed E-state index contributed by atoms with van der Waals surface area (Å²) in [6.45, 7) is 1.13. The van der Waals surface area contributed by atoms with Gasteiger partial charge in [-0.1, -0.05) is 18.6 Å². The summed E-state index contributed by atoms with van der Waals surface area (Å²) in [5.41, 5.74) is 1.35. The Morgan fingerprint density at radius 3 is 2.65 bits per heavy atom. The Bertz CT molecular complexity index is 370. The van der Waals surface area contributed by atoms with Crippen LogP contribution >= 0.6 is 0 Å². The molecular weight excluding hydrogens is 216 g/mol. The average molecular weight is 234 g/mol. The minimum absolute atomic E-state index is 0.171. The molecule has 0 amide bonds. The molecule has 0 bridgehead atoms. The van der Waals surface area contributed by atoms with Crippen LogP contribution in [0.3, 0.4) is 0 Å². The van der Waals surface area contributed by atoms with Gasteiger partial charge in [0.2, 0.25) is 0 Å². The molecule has 1 fully saturated rings. The Morgan fingerprint density at radius 1 is 1.29 bits per heavy atom. The molecule has 1 N–H and O–H groups in total. The standard InChI is InChI=1S/C13H18N2O2/c16-15(17)13-8-5-11(6-9-13)4-7-12-3-1-2-10-14-12/h5-6,8-9,12,14H,1-4,7,10H2. The largest absolute Gasteiger partial charge is 0.314 e. The van der Waals surface area contributed by atoms with Gasteiger partial charge in [-0.25, -0.2) is 0 Å². The van der Waals surface area contributed by atoms with Crippen molar-refractivity contribution >= 4 is 5.69 Å². The minimum Gasteiger partial charge on any atom is -0.314 e. The maximum atomic E-state index is 10.5. The third-order valence-corrected chi connectivity index (χ3v) is 3.34. The highest BCUT2D eigenvalue weighted by molar-refractivity contribution is 5.32. The fourth-order valence-electron chi connectivity index (χ4n) is 2.30. The topological polar surface area (TPSA) is 55.2 Å². The Kier molecular flexibility index (Phi) is 4.09. The van der Waals surface area contributed by atoms with Crippen LogP contribution in [0.5, 0.6) is 0 Å². The second-order valence-electron chi connectivity index (χ2n) is 4.61. The molecule has 17 heavy (non-hydrogen) atoms. The summed E-state index contributed by atoms with van der Waals surface area (Å²) < 4.78 is 0. The summed E-state index contributed by atoms with van der Waals surface area (Å²) in [5.74, 6) is 0. The molecule has 1 heterocycles. The molecule has 1 saturated heterocycles. The number of nitro benzene ring substituents is 1. The van der Waals surface area contributed by atoms with Crippen LogP contribution in [0.1, 0.15) is 31.2 Å². The number of non-ortho nitro benzene ring substituents is 1. The van der Waals surface area contributed by atoms with Crippen LogP contribution in [-0.2, 0) is 6.42 Å². The lowest BCUT2D eigenvalue weighted by Gasteiger charge is -2.23. The summed E-state index contributed by atoms with van der Waals surface area (Å²) in [4.78, 5) is 10.2. The normalized spacial score (nSPS) is 20.1. The van der Waals surface area contributed by atoms with Crippen molar-refractivity contribution in [1.29, 1.82) is 0 Å². The fourth-order valence-corrected chi connectivity index (χ4v) is 2.30. The highest BCUT2D eigenvalue weighted by atomic mass is 16.6. The van der Waals surface area contributed by atoms with Gasteiger partial charge in [-0.15, -0.1) is 0 Å². The lowest BCUT2D eigenvalue weighted by Crippen LogP contribution is -2.34. The van der Waals surface area contributed by atoms with E-state index in [0.717, 1.165) is 19.4 Å². The van der Waals surface area contributed by atoms with Crippen LogP contribution in [0.2, 0.25) is 0 Å². The van der Waals surface area contributed by atoms with Crippen LogP contribution < -0.4 is 5.32 Å². The number of nitro groups is 1. The van der Waals surface area contributed by atoms with Crippen molar-refractivity contribution in [2.24, 2.45) is 0 Å². The van der Waals surface area contributed by atoms with E-state index in [4.69, 9.17) is 0 Å². The first-order chi connectivity index (χ1) is 8.25. The molecule has 1 aromatic carbocycles. The molecule has 4 nitrogen and oxygen atoms in total. The summed E-state index contributed by atoms with van der Waals surface area (Å²) in [6.07, 6.45) is 5.98. The summed E-state index contributed by atoms with van der Waals surface area (Å²) >= 11 is 0. The molecule has 92 valence electrons.